The van der Waals surface area contributed by atoms with E-state index >= 15 is 0 Å². The van der Waals surface area contributed by atoms with Crippen molar-refractivity contribution in [1.82, 2.24) is 15.0 Å². The van der Waals surface area contributed by atoms with Gasteiger partial charge in [0, 0.05) is 18.5 Å². The first-order valence-electron chi connectivity index (χ1n) is 26.7. The lowest BCUT2D eigenvalue weighted by molar-refractivity contribution is -0.0594. The minimum Gasteiger partial charge on any atom is -0.494 e. The van der Waals surface area contributed by atoms with Crippen LogP contribution in [0.25, 0.3) is 0 Å². The van der Waals surface area contributed by atoms with E-state index < -0.39 is 0 Å². The van der Waals surface area contributed by atoms with Gasteiger partial charge in [0.15, 0.2) is 5.78 Å². The average molecular weight is 938 g/mol. The van der Waals surface area contributed by atoms with Gasteiger partial charge in [-0.25, -0.2) is 4.79 Å². The number of carbonyl (C=O) groups is 2. The molecule has 8 rings (SSSR count). The number of carbonyl (C=O) groups excluding carboxylic acids is 2. The van der Waals surface area contributed by atoms with Crippen molar-refractivity contribution in [1.29, 1.82) is 0 Å². The van der Waals surface area contributed by atoms with Crippen LogP contribution in [-0.2, 0) is 17.9 Å². The minimum atomic E-state index is -0.245. The van der Waals surface area contributed by atoms with Crippen molar-refractivity contribution in [2.45, 2.75) is 170 Å². The Kier molecular flexibility index (Phi) is 16.9. The molecule has 4 aliphatic rings. The van der Waals surface area contributed by atoms with E-state index in [4.69, 9.17) is 14.2 Å². The molecule has 69 heavy (non-hydrogen) atoms. The number of esters is 1. The number of hydrogen-bond donors (Lipinski definition) is 0. The maximum atomic E-state index is 13.4. The molecule has 0 saturated heterocycles. The summed E-state index contributed by atoms with van der Waals surface area (Å²) in [4.78, 5) is 24.9. The fraction of sp³-hybridized carbons (Fsp3) is 0.593. The predicted octanol–water partition coefficient (Wildman–Crippen LogP) is 15.5. The van der Waals surface area contributed by atoms with E-state index in [1.54, 1.807) is 36.8 Å². The number of nitrogens with zero attached hydrogens (tertiary/aromatic N) is 5. The molecule has 8 atom stereocenters. The van der Waals surface area contributed by atoms with Gasteiger partial charge in [-0.3, -0.25) is 9.48 Å². The van der Waals surface area contributed by atoms with Crippen LogP contribution in [0.4, 0.5) is 11.4 Å². The molecule has 370 valence electrons. The van der Waals surface area contributed by atoms with Crippen LogP contribution in [-0.4, -0.2) is 39.5 Å². The Morgan fingerprint density at radius 1 is 0.739 bits per heavy atom. The number of fused-ring (bicyclic) bond motifs is 5. The molecule has 0 spiro atoms. The van der Waals surface area contributed by atoms with Crippen molar-refractivity contribution in [3.8, 4) is 11.5 Å². The number of ketones is 1. The van der Waals surface area contributed by atoms with E-state index in [1.807, 2.05) is 59.4 Å². The third-order valence-electron chi connectivity index (χ3n) is 17.0. The lowest BCUT2D eigenvalue weighted by atomic mass is 9.47. The molecule has 1 unspecified atom stereocenters. The molecule has 3 aromatic carbocycles. The Labute approximate surface area is 412 Å². The Balaban J connectivity index is 0.687. The molecular formula is C59H79N5O5. The van der Waals surface area contributed by atoms with Crippen molar-refractivity contribution in [2.24, 2.45) is 56.6 Å². The maximum Gasteiger partial charge on any atom is 0.338 e. The maximum absolute atomic E-state index is 13.4. The van der Waals surface area contributed by atoms with Crippen LogP contribution in [0.2, 0.25) is 0 Å². The molecule has 0 amide bonds. The first kappa shape index (κ1) is 50.3. The van der Waals surface area contributed by atoms with Crippen LogP contribution >= 0.6 is 0 Å². The number of Topliss-reactive ketones (excluding diaryl/α,β-unsaturated/α-hetero) is 1. The number of unbranched alkanes of at least 4 members (excludes halogenated alkanes) is 5. The Morgan fingerprint density at radius 3 is 2.13 bits per heavy atom. The molecule has 1 aromatic heterocycles. The largest absolute Gasteiger partial charge is 0.494 e. The van der Waals surface area contributed by atoms with Gasteiger partial charge >= 0.3 is 5.97 Å². The topological polar surface area (TPSA) is 117 Å². The van der Waals surface area contributed by atoms with E-state index in [1.165, 1.54) is 64.2 Å². The van der Waals surface area contributed by atoms with E-state index in [2.05, 4.69) is 61.2 Å². The van der Waals surface area contributed by atoms with Crippen LogP contribution in [0.1, 0.15) is 177 Å². The van der Waals surface area contributed by atoms with Gasteiger partial charge in [0.2, 0.25) is 0 Å². The third kappa shape index (κ3) is 12.6. The zero-order chi connectivity index (χ0) is 48.4. The second kappa shape index (κ2) is 23.2. The fourth-order valence-corrected chi connectivity index (χ4v) is 13.1. The zero-order valence-corrected chi connectivity index (χ0v) is 42.5. The molecule has 4 aliphatic carbocycles. The van der Waals surface area contributed by atoms with Crippen LogP contribution < -0.4 is 9.47 Å². The molecule has 3 saturated carbocycles. The highest BCUT2D eigenvalue weighted by atomic mass is 16.5. The molecule has 10 heteroatoms. The van der Waals surface area contributed by atoms with E-state index in [9.17, 15) is 9.59 Å². The number of aromatic nitrogens is 3. The first-order chi connectivity index (χ1) is 33.4. The van der Waals surface area contributed by atoms with Gasteiger partial charge in [-0.15, -0.1) is 5.10 Å². The first-order valence-corrected chi connectivity index (χ1v) is 26.7. The summed E-state index contributed by atoms with van der Waals surface area (Å²) in [6.07, 6.45) is 25.0. The van der Waals surface area contributed by atoms with Crippen molar-refractivity contribution >= 4 is 23.1 Å². The van der Waals surface area contributed by atoms with E-state index in [-0.39, 0.29) is 23.3 Å². The van der Waals surface area contributed by atoms with Crippen LogP contribution in [0.3, 0.4) is 0 Å². The van der Waals surface area contributed by atoms with Crippen molar-refractivity contribution < 1.29 is 23.8 Å². The van der Waals surface area contributed by atoms with Gasteiger partial charge in [-0.2, -0.15) is 10.2 Å². The monoisotopic (exact) mass is 938 g/mol. The van der Waals surface area contributed by atoms with Gasteiger partial charge in [0.05, 0.1) is 29.7 Å². The molecule has 1 heterocycles. The van der Waals surface area contributed by atoms with Crippen LogP contribution in [0.15, 0.2) is 101 Å². The SMILES string of the molecule is CC(=O)c1ccc(N=Nc2ccc(OCCCCCCCCn3cc(COc4ccc(C(=O)OC5CC[C@@]6(C)C(=CC[C@H]7[C@@H]8CC[C@H]([C@H](C)CCCC(C)C)[C@@]8(C)CC[C@@H]76)C5)cc4)nn3)cc2)cc1. The van der Waals surface area contributed by atoms with Crippen molar-refractivity contribution in [2.75, 3.05) is 6.61 Å². The summed E-state index contributed by atoms with van der Waals surface area (Å²) >= 11 is 0. The molecule has 3 fully saturated rings. The number of aryl methyl sites for hydroxylation is 1. The van der Waals surface area contributed by atoms with E-state index in [0.29, 0.717) is 41.2 Å². The number of azo groups is 1. The van der Waals surface area contributed by atoms with Crippen molar-refractivity contribution in [3.05, 3.63) is 107 Å². The quantitative estimate of drug-likeness (QED) is 0.0239. The smallest absolute Gasteiger partial charge is 0.338 e. The third-order valence-corrected chi connectivity index (χ3v) is 17.0. The molecule has 0 aliphatic heterocycles. The summed E-state index contributed by atoms with van der Waals surface area (Å²) in [5.74, 6) is 6.24. The summed E-state index contributed by atoms with van der Waals surface area (Å²) in [6, 6.07) is 22.0. The molecule has 0 radical (unpaired) electrons. The second-order valence-electron chi connectivity index (χ2n) is 22.1. The number of hydrogen-bond acceptors (Lipinski definition) is 9. The lowest BCUT2D eigenvalue weighted by Gasteiger charge is -2.58. The number of ether oxygens (including phenoxy) is 3. The molecule has 0 N–H and O–H groups in total. The lowest BCUT2D eigenvalue weighted by Crippen LogP contribution is -2.51. The van der Waals surface area contributed by atoms with Crippen LogP contribution in [0, 0.1) is 46.3 Å². The van der Waals surface area contributed by atoms with Gasteiger partial charge < -0.3 is 14.2 Å². The summed E-state index contributed by atoms with van der Waals surface area (Å²) in [5, 5.41) is 17.2. The fourth-order valence-electron chi connectivity index (χ4n) is 13.1. The number of rotatable bonds is 23. The van der Waals surface area contributed by atoms with E-state index in [0.717, 1.165) is 104 Å². The van der Waals surface area contributed by atoms with Gasteiger partial charge in [0.25, 0.3) is 0 Å². The Hall–Kier alpha value is -5.12. The number of benzene rings is 3. The highest BCUT2D eigenvalue weighted by molar-refractivity contribution is 5.94. The van der Waals surface area contributed by atoms with Gasteiger partial charge in [-0.1, -0.05) is 96.4 Å². The molecule has 10 nitrogen and oxygen atoms in total. The van der Waals surface area contributed by atoms with Gasteiger partial charge in [-0.05, 0) is 184 Å². The highest BCUT2D eigenvalue weighted by Crippen LogP contribution is 2.67. The number of allylic oxidation sites excluding steroid dienone is 1. The summed E-state index contributed by atoms with van der Waals surface area (Å²) in [5.41, 5.74) is 5.73. The normalized spacial score (nSPS) is 25.7. The average Bonchev–Trinajstić information content (AvgIpc) is 3.96. The summed E-state index contributed by atoms with van der Waals surface area (Å²) < 4.78 is 20.1. The second-order valence-corrected chi connectivity index (χ2v) is 22.1. The van der Waals surface area contributed by atoms with Gasteiger partial charge in [0.1, 0.15) is 29.9 Å². The molecule has 0 bridgehead atoms. The molecule has 4 aromatic rings. The summed E-state index contributed by atoms with van der Waals surface area (Å²) in [6.45, 7) is 15.9. The molecular weight excluding hydrogens is 859 g/mol. The Morgan fingerprint density at radius 2 is 1.41 bits per heavy atom. The highest BCUT2D eigenvalue weighted by Gasteiger charge is 2.59. The van der Waals surface area contributed by atoms with Crippen molar-refractivity contribution in [3.63, 3.8) is 0 Å². The Bertz CT molecular complexity index is 2350. The van der Waals surface area contributed by atoms with Crippen LogP contribution in [0.5, 0.6) is 11.5 Å². The zero-order valence-electron chi connectivity index (χ0n) is 42.5. The standard InChI is InChI=1S/C59H79N5O5/c1-41(2)14-13-15-42(3)54-30-31-55-53-29-20-46-38-52(32-34-58(46,5)56(53)33-35-59(54,55)6)69-57(66)45-18-25-51(26-19-45)68-40-49-39-64(63-62-49)36-11-9-7-8-10-12-37-67-50-27-23-48(24-28-50)61-60-47-21-16-44(17-22-47)43(4)65/h16-28,39,41-42,52-56H,7-15,29-38,40H2,1-6H3/t42-,52?,53+,54-,55+,56+,58+,59-/m1/s1. The minimum absolute atomic E-state index is 0.0313. The predicted molar refractivity (Wildman–Crippen MR) is 273 cm³/mol. The summed E-state index contributed by atoms with van der Waals surface area (Å²) in [7, 11) is 0.